The van der Waals surface area contributed by atoms with Crippen LogP contribution in [-0.2, 0) is 6.54 Å². The first-order valence-corrected chi connectivity index (χ1v) is 10.8. The highest BCUT2D eigenvalue weighted by Gasteiger charge is 2.12. The van der Waals surface area contributed by atoms with Gasteiger partial charge in [0.05, 0.1) is 11.4 Å². The Labute approximate surface area is 180 Å². The van der Waals surface area contributed by atoms with Crippen molar-refractivity contribution in [1.29, 1.82) is 0 Å². The van der Waals surface area contributed by atoms with Gasteiger partial charge in [0.1, 0.15) is 12.4 Å². The van der Waals surface area contributed by atoms with Crippen molar-refractivity contribution < 1.29 is 4.74 Å². The Morgan fingerprint density at radius 2 is 1.80 bits per heavy atom. The minimum Gasteiger partial charge on any atom is -0.492 e. The third-order valence-electron chi connectivity index (χ3n) is 4.90. The predicted octanol–water partition coefficient (Wildman–Crippen LogP) is 4.55. The first-order chi connectivity index (χ1) is 14.5. The predicted molar refractivity (Wildman–Crippen MR) is 123 cm³/mol. The Bertz CT molecular complexity index is 1190. The summed E-state index contributed by atoms with van der Waals surface area (Å²) in [4.78, 5) is 20.3. The maximum atomic E-state index is 12.8. The van der Waals surface area contributed by atoms with Gasteiger partial charge in [-0.1, -0.05) is 36.4 Å². The molecule has 0 aliphatic rings. The van der Waals surface area contributed by atoms with Gasteiger partial charge >= 0.3 is 0 Å². The molecule has 0 saturated heterocycles. The lowest BCUT2D eigenvalue weighted by Crippen LogP contribution is -2.26. The fourth-order valence-corrected chi connectivity index (χ4v) is 4.47. The second kappa shape index (κ2) is 8.81. The molecule has 2 heterocycles. The topological polar surface area (TPSA) is 46.8 Å². The van der Waals surface area contributed by atoms with Gasteiger partial charge in [0.2, 0.25) is 0 Å². The molecule has 154 valence electrons. The largest absolute Gasteiger partial charge is 0.492 e. The molecule has 0 saturated carbocycles. The van der Waals surface area contributed by atoms with Gasteiger partial charge in [-0.3, -0.25) is 14.1 Å². The quantitative estimate of drug-likeness (QED) is 0.441. The van der Waals surface area contributed by atoms with Crippen molar-refractivity contribution in [3.05, 3.63) is 87.2 Å². The fourth-order valence-electron chi connectivity index (χ4n) is 3.55. The van der Waals surface area contributed by atoms with Crippen molar-refractivity contribution in [3.8, 4) is 17.0 Å². The molecule has 6 heteroatoms. The molecule has 30 heavy (non-hydrogen) atoms. The minimum absolute atomic E-state index is 0.0463. The number of rotatable bonds is 7. The molecule has 0 fully saturated rings. The summed E-state index contributed by atoms with van der Waals surface area (Å²) < 4.78 is 7.58. The Kier molecular flexibility index (Phi) is 5.97. The SMILES string of the molecule is Cc1cc(C)cc(OCCN(C)Cc2cc(=O)n3c(-c4ccccc4)csc3n2)c1. The second-order valence-corrected chi connectivity index (χ2v) is 8.44. The normalized spacial score (nSPS) is 11.3. The summed E-state index contributed by atoms with van der Waals surface area (Å²) in [6.45, 7) is 6.06. The number of thiazole rings is 1. The van der Waals surface area contributed by atoms with Crippen molar-refractivity contribution in [1.82, 2.24) is 14.3 Å². The van der Waals surface area contributed by atoms with E-state index in [4.69, 9.17) is 9.72 Å². The van der Waals surface area contributed by atoms with E-state index in [0.29, 0.717) is 13.2 Å². The number of hydrogen-bond donors (Lipinski definition) is 0. The molecule has 0 bridgehead atoms. The third kappa shape index (κ3) is 4.61. The van der Waals surface area contributed by atoms with Crippen LogP contribution in [0.5, 0.6) is 5.75 Å². The van der Waals surface area contributed by atoms with Gasteiger partial charge in [-0.15, -0.1) is 11.3 Å². The van der Waals surface area contributed by atoms with E-state index < -0.39 is 0 Å². The van der Waals surface area contributed by atoms with Crippen LogP contribution < -0.4 is 10.3 Å². The van der Waals surface area contributed by atoms with Crippen LogP contribution in [0.15, 0.2) is 64.8 Å². The Morgan fingerprint density at radius 1 is 1.07 bits per heavy atom. The molecule has 4 aromatic rings. The average Bonchev–Trinajstić information content (AvgIpc) is 3.12. The lowest BCUT2D eigenvalue weighted by atomic mass is 10.1. The summed E-state index contributed by atoms with van der Waals surface area (Å²) in [6.07, 6.45) is 0. The molecule has 4 rings (SSSR count). The summed E-state index contributed by atoms with van der Waals surface area (Å²) in [5.41, 5.74) is 5.02. The van der Waals surface area contributed by atoms with Gasteiger partial charge in [-0.05, 0) is 49.7 Å². The van der Waals surface area contributed by atoms with E-state index in [9.17, 15) is 4.79 Å². The van der Waals surface area contributed by atoms with Crippen molar-refractivity contribution >= 4 is 16.3 Å². The summed E-state index contributed by atoms with van der Waals surface area (Å²) in [5.74, 6) is 0.894. The molecule has 0 amide bonds. The Morgan fingerprint density at radius 3 is 2.53 bits per heavy atom. The second-order valence-electron chi connectivity index (χ2n) is 7.60. The van der Waals surface area contributed by atoms with Crippen molar-refractivity contribution in [2.75, 3.05) is 20.2 Å². The van der Waals surface area contributed by atoms with E-state index in [-0.39, 0.29) is 5.56 Å². The molecule has 0 atom stereocenters. The van der Waals surface area contributed by atoms with Crippen LogP contribution in [0.25, 0.3) is 16.2 Å². The number of nitrogens with zero attached hydrogens (tertiary/aromatic N) is 3. The zero-order valence-corrected chi connectivity index (χ0v) is 18.3. The number of hydrogen-bond acceptors (Lipinski definition) is 5. The van der Waals surface area contributed by atoms with Gasteiger partial charge < -0.3 is 4.74 Å². The van der Waals surface area contributed by atoms with Crippen LogP contribution in [0, 0.1) is 13.8 Å². The zero-order chi connectivity index (χ0) is 21.1. The Hall–Kier alpha value is -2.96. The van der Waals surface area contributed by atoms with Crippen LogP contribution in [0.4, 0.5) is 0 Å². The molecule has 0 aliphatic carbocycles. The molecule has 2 aromatic heterocycles. The third-order valence-corrected chi connectivity index (χ3v) is 5.72. The number of aromatic nitrogens is 2. The molecule has 2 aromatic carbocycles. The van der Waals surface area contributed by atoms with Gasteiger partial charge in [0, 0.05) is 24.5 Å². The average molecular weight is 420 g/mol. The molecule has 0 spiro atoms. The molecule has 5 nitrogen and oxygen atoms in total. The van der Waals surface area contributed by atoms with Crippen LogP contribution in [0.2, 0.25) is 0 Å². The van der Waals surface area contributed by atoms with E-state index >= 15 is 0 Å². The van der Waals surface area contributed by atoms with E-state index in [0.717, 1.165) is 34.2 Å². The first kappa shape index (κ1) is 20.3. The molecule has 0 unspecified atom stereocenters. The smallest absolute Gasteiger partial charge is 0.259 e. The molecule has 0 radical (unpaired) electrons. The summed E-state index contributed by atoms with van der Waals surface area (Å²) in [7, 11) is 2.01. The number of likely N-dealkylation sites (N-methyl/N-ethyl adjacent to an activating group) is 1. The summed E-state index contributed by atoms with van der Waals surface area (Å²) in [5, 5.41) is 1.99. The molecule has 0 N–H and O–H groups in total. The first-order valence-electron chi connectivity index (χ1n) is 9.95. The van der Waals surface area contributed by atoms with Crippen molar-refractivity contribution in [3.63, 3.8) is 0 Å². The zero-order valence-electron chi connectivity index (χ0n) is 17.5. The van der Waals surface area contributed by atoms with Gasteiger partial charge in [0.25, 0.3) is 5.56 Å². The molecule has 0 aliphatic heterocycles. The van der Waals surface area contributed by atoms with E-state index in [1.807, 2.05) is 54.9 Å². The summed E-state index contributed by atoms with van der Waals surface area (Å²) >= 11 is 1.49. The van der Waals surface area contributed by atoms with Crippen molar-refractivity contribution in [2.45, 2.75) is 20.4 Å². The van der Waals surface area contributed by atoms with Crippen LogP contribution in [-0.4, -0.2) is 34.5 Å². The number of fused-ring (bicyclic) bond motifs is 1. The number of ether oxygens (including phenoxy) is 1. The number of benzene rings is 2. The highest BCUT2D eigenvalue weighted by molar-refractivity contribution is 7.15. The van der Waals surface area contributed by atoms with E-state index in [1.165, 1.54) is 22.5 Å². The summed E-state index contributed by atoms with van der Waals surface area (Å²) in [6, 6.07) is 17.8. The fraction of sp³-hybridized carbons (Fsp3) is 0.250. The van der Waals surface area contributed by atoms with Crippen LogP contribution in [0.3, 0.4) is 0 Å². The lowest BCUT2D eigenvalue weighted by molar-refractivity contribution is 0.231. The number of aryl methyl sites for hydroxylation is 2. The van der Waals surface area contributed by atoms with Gasteiger partial charge in [0.15, 0.2) is 4.96 Å². The minimum atomic E-state index is -0.0463. The maximum Gasteiger partial charge on any atom is 0.259 e. The van der Waals surface area contributed by atoms with E-state index in [1.54, 1.807) is 10.5 Å². The molecular formula is C24H25N3O2S. The highest BCUT2D eigenvalue weighted by atomic mass is 32.1. The molecular weight excluding hydrogens is 394 g/mol. The lowest BCUT2D eigenvalue weighted by Gasteiger charge is -2.17. The van der Waals surface area contributed by atoms with Gasteiger partial charge in [-0.2, -0.15) is 0 Å². The standard InChI is InChI=1S/C24H25N3O2S/c1-17-11-18(2)13-21(12-17)29-10-9-26(3)15-20-14-23(28)27-22(16-30-24(27)25-20)19-7-5-4-6-8-19/h4-8,11-14,16H,9-10,15H2,1-3H3. The van der Waals surface area contributed by atoms with Crippen LogP contribution in [0.1, 0.15) is 16.8 Å². The highest BCUT2D eigenvalue weighted by Crippen LogP contribution is 2.23. The van der Waals surface area contributed by atoms with E-state index in [2.05, 4.69) is 24.8 Å². The monoisotopic (exact) mass is 419 g/mol. The van der Waals surface area contributed by atoms with Gasteiger partial charge in [-0.25, -0.2) is 4.98 Å². The Balaban J connectivity index is 1.43. The maximum absolute atomic E-state index is 12.8. The van der Waals surface area contributed by atoms with Crippen molar-refractivity contribution in [2.24, 2.45) is 0 Å². The van der Waals surface area contributed by atoms with Crippen LogP contribution >= 0.6 is 11.3 Å².